The first-order chi connectivity index (χ1) is 13.3. The third-order valence-electron chi connectivity index (χ3n) is 4.97. The molecule has 0 aliphatic carbocycles. The van der Waals surface area contributed by atoms with Gasteiger partial charge in [0.2, 0.25) is 5.95 Å². The van der Waals surface area contributed by atoms with Crippen LogP contribution >= 0.6 is 11.6 Å². The molecule has 28 heavy (non-hydrogen) atoms. The molecule has 4 rings (SSSR count). The van der Waals surface area contributed by atoms with Crippen molar-refractivity contribution in [2.75, 3.05) is 18.0 Å². The van der Waals surface area contributed by atoms with Gasteiger partial charge in [-0.1, -0.05) is 11.6 Å². The maximum Gasteiger partial charge on any atom is 0.207 e. The Bertz CT molecular complexity index is 1010. The number of benzene rings is 1. The minimum Gasteiger partial charge on any atom is -0.340 e. The van der Waals surface area contributed by atoms with Crippen molar-refractivity contribution in [2.24, 2.45) is 5.73 Å². The van der Waals surface area contributed by atoms with E-state index in [4.69, 9.17) is 17.3 Å². The Morgan fingerprint density at radius 3 is 2.57 bits per heavy atom. The van der Waals surface area contributed by atoms with E-state index in [-0.39, 0.29) is 18.5 Å². The van der Waals surface area contributed by atoms with Gasteiger partial charge in [-0.15, -0.1) is 0 Å². The van der Waals surface area contributed by atoms with Crippen LogP contribution in [0.3, 0.4) is 0 Å². The zero-order valence-electron chi connectivity index (χ0n) is 15.0. The minimum atomic E-state index is -1.10. The van der Waals surface area contributed by atoms with Gasteiger partial charge in [0.25, 0.3) is 0 Å². The summed E-state index contributed by atoms with van der Waals surface area (Å²) in [6.07, 6.45) is 2.08. The van der Waals surface area contributed by atoms with E-state index in [2.05, 4.69) is 15.0 Å². The second-order valence-electron chi connectivity index (χ2n) is 6.89. The van der Waals surface area contributed by atoms with Gasteiger partial charge in [0.1, 0.15) is 6.17 Å². The number of hydrogen-bond acceptors (Lipinski definition) is 5. The van der Waals surface area contributed by atoms with Crippen LogP contribution in [-0.4, -0.2) is 44.8 Å². The normalized spacial score (nSPS) is 21.3. The van der Waals surface area contributed by atoms with Crippen LogP contribution in [-0.2, 0) is 0 Å². The van der Waals surface area contributed by atoms with Gasteiger partial charge in [-0.05, 0) is 13.3 Å². The Morgan fingerprint density at radius 2 is 1.89 bits per heavy atom. The Kier molecular flexibility index (Phi) is 4.88. The molecular formula is C18H18ClF3N6. The third-order valence-corrected chi connectivity index (χ3v) is 5.16. The van der Waals surface area contributed by atoms with Gasteiger partial charge in [-0.2, -0.15) is 0 Å². The van der Waals surface area contributed by atoms with E-state index in [9.17, 15) is 13.2 Å². The molecule has 1 aromatic carbocycles. The molecule has 0 bridgehead atoms. The largest absolute Gasteiger partial charge is 0.340 e. The van der Waals surface area contributed by atoms with Crippen LogP contribution in [0.15, 0.2) is 24.5 Å². The van der Waals surface area contributed by atoms with E-state index in [0.29, 0.717) is 28.9 Å². The van der Waals surface area contributed by atoms with Crippen LogP contribution in [0.2, 0.25) is 5.02 Å². The van der Waals surface area contributed by atoms with Crippen LogP contribution in [0.5, 0.6) is 0 Å². The lowest BCUT2D eigenvalue weighted by Crippen LogP contribution is -2.50. The summed E-state index contributed by atoms with van der Waals surface area (Å²) in [5.41, 5.74) is 6.56. The fourth-order valence-corrected chi connectivity index (χ4v) is 3.57. The highest BCUT2D eigenvalue weighted by Gasteiger charge is 2.31. The van der Waals surface area contributed by atoms with Gasteiger partial charge in [-0.3, -0.25) is 4.57 Å². The molecule has 1 saturated heterocycles. The van der Waals surface area contributed by atoms with E-state index in [0.717, 1.165) is 12.1 Å². The quantitative estimate of drug-likeness (QED) is 0.717. The summed E-state index contributed by atoms with van der Waals surface area (Å²) in [5.74, 6) is -1.10. The molecule has 2 aromatic heterocycles. The van der Waals surface area contributed by atoms with E-state index in [1.165, 1.54) is 12.4 Å². The standard InChI is InChI=1S/C18H18ClF3N6/c1-9(17-24-6-10(19)7-25-17)28-16-5-13(22)12(21)4-15(16)26-18(28)27-3-2-11(20)14(23)8-27/h4-7,9,11,14H,2-3,8,23H2,1H3/t9?,11-,14-/m1/s1. The number of alkyl halides is 1. The van der Waals surface area contributed by atoms with Gasteiger partial charge in [0, 0.05) is 37.6 Å². The first kappa shape index (κ1) is 18.9. The third kappa shape index (κ3) is 3.29. The smallest absolute Gasteiger partial charge is 0.207 e. The fourth-order valence-electron chi connectivity index (χ4n) is 3.47. The topological polar surface area (TPSA) is 72.9 Å². The van der Waals surface area contributed by atoms with Crippen molar-refractivity contribution < 1.29 is 13.2 Å². The summed E-state index contributed by atoms with van der Waals surface area (Å²) in [7, 11) is 0. The average Bonchev–Trinajstić information content (AvgIpc) is 3.02. The lowest BCUT2D eigenvalue weighted by Gasteiger charge is -2.34. The number of halogens is 4. The highest BCUT2D eigenvalue weighted by atomic mass is 35.5. The molecule has 0 saturated carbocycles. The van der Waals surface area contributed by atoms with Crippen LogP contribution in [0.4, 0.5) is 19.1 Å². The number of nitrogens with zero attached hydrogens (tertiary/aromatic N) is 5. The van der Waals surface area contributed by atoms with E-state index < -0.39 is 29.9 Å². The van der Waals surface area contributed by atoms with E-state index >= 15 is 0 Å². The molecule has 2 N–H and O–H groups in total. The van der Waals surface area contributed by atoms with E-state index in [1.54, 1.807) is 4.57 Å². The summed E-state index contributed by atoms with van der Waals surface area (Å²) in [6, 6.07) is 1.01. The van der Waals surface area contributed by atoms with Crippen LogP contribution in [0.1, 0.15) is 25.2 Å². The number of nitrogens with two attached hydrogens (primary N) is 1. The van der Waals surface area contributed by atoms with Crippen molar-refractivity contribution in [1.29, 1.82) is 0 Å². The number of piperidine rings is 1. The second kappa shape index (κ2) is 7.21. The highest BCUT2D eigenvalue weighted by molar-refractivity contribution is 6.30. The fraction of sp³-hybridized carbons (Fsp3) is 0.389. The van der Waals surface area contributed by atoms with Crippen molar-refractivity contribution in [2.45, 2.75) is 31.6 Å². The van der Waals surface area contributed by atoms with Crippen molar-refractivity contribution in [3.8, 4) is 0 Å². The van der Waals surface area contributed by atoms with Gasteiger partial charge >= 0.3 is 0 Å². The van der Waals surface area contributed by atoms with Gasteiger partial charge in [-0.25, -0.2) is 28.1 Å². The van der Waals surface area contributed by atoms with Crippen LogP contribution < -0.4 is 10.6 Å². The number of fused-ring (bicyclic) bond motifs is 1. The summed E-state index contributed by atoms with van der Waals surface area (Å²) >= 11 is 5.86. The van der Waals surface area contributed by atoms with E-state index in [1.807, 2.05) is 11.8 Å². The molecule has 6 nitrogen and oxygen atoms in total. The Morgan fingerprint density at radius 1 is 1.21 bits per heavy atom. The molecule has 3 heterocycles. The van der Waals surface area contributed by atoms with Crippen molar-refractivity contribution in [3.05, 3.63) is 47.0 Å². The first-order valence-corrected chi connectivity index (χ1v) is 9.22. The average molecular weight is 411 g/mol. The molecule has 148 valence electrons. The van der Waals surface area contributed by atoms with Crippen molar-refractivity contribution in [1.82, 2.24) is 19.5 Å². The SMILES string of the molecule is CC(c1ncc(Cl)cn1)n1c(N2CC[C@@H](F)[C@H](N)C2)nc2cc(F)c(F)cc21. The highest BCUT2D eigenvalue weighted by Crippen LogP contribution is 2.32. The molecule has 1 aliphatic heterocycles. The summed E-state index contributed by atoms with van der Waals surface area (Å²) in [4.78, 5) is 14.8. The lowest BCUT2D eigenvalue weighted by molar-refractivity contribution is 0.243. The van der Waals surface area contributed by atoms with Gasteiger partial charge < -0.3 is 10.6 Å². The Hall–Kier alpha value is -2.39. The monoisotopic (exact) mass is 410 g/mol. The van der Waals surface area contributed by atoms with Crippen LogP contribution in [0, 0.1) is 11.6 Å². The molecule has 3 atom stereocenters. The number of rotatable bonds is 3. The Balaban J connectivity index is 1.86. The molecule has 0 radical (unpaired) electrons. The predicted octanol–water partition coefficient (Wildman–Crippen LogP) is 3.24. The zero-order valence-corrected chi connectivity index (χ0v) is 15.7. The first-order valence-electron chi connectivity index (χ1n) is 8.84. The predicted molar refractivity (Wildman–Crippen MR) is 100 cm³/mol. The maximum atomic E-state index is 14.0. The van der Waals surface area contributed by atoms with Crippen molar-refractivity contribution in [3.63, 3.8) is 0 Å². The molecule has 0 amide bonds. The molecule has 1 fully saturated rings. The second-order valence-corrected chi connectivity index (χ2v) is 7.32. The number of hydrogen-bond donors (Lipinski definition) is 1. The lowest BCUT2D eigenvalue weighted by atomic mass is 10.1. The minimum absolute atomic E-state index is 0.240. The maximum absolute atomic E-state index is 14.0. The molecule has 1 unspecified atom stereocenters. The van der Waals surface area contributed by atoms with Crippen LogP contribution in [0.25, 0.3) is 11.0 Å². The zero-order chi connectivity index (χ0) is 20.0. The molecule has 10 heteroatoms. The Labute approximate surface area is 164 Å². The van der Waals surface area contributed by atoms with Gasteiger partial charge in [0.15, 0.2) is 17.5 Å². The molecular weight excluding hydrogens is 393 g/mol. The van der Waals surface area contributed by atoms with Crippen molar-refractivity contribution >= 4 is 28.6 Å². The number of anilines is 1. The molecule has 0 spiro atoms. The summed E-state index contributed by atoms with van der Waals surface area (Å²) < 4.78 is 43.3. The van der Waals surface area contributed by atoms with Gasteiger partial charge in [0.05, 0.1) is 28.1 Å². The summed E-state index contributed by atoms with van der Waals surface area (Å²) in [5, 5.41) is 0.385. The molecule has 3 aromatic rings. The number of imidazole rings is 1. The summed E-state index contributed by atoms with van der Waals surface area (Å²) in [6.45, 7) is 2.44. The number of aromatic nitrogens is 4. The molecule has 1 aliphatic rings.